The number of ether oxygens (including phenoxy) is 2. The van der Waals surface area contributed by atoms with Crippen molar-refractivity contribution in [2.75, 3.05) is 0 Å². The first-order valence-electron chi connectivity index (χ1n) is 12.6. The number of carboxylic acid groups (broad SMARTS) is 1. The number of nitrogens with zero attached hydrogens (tertiary/aromatic N) is 1. The van der Waals surface area contributed by atoms with Crippen LogP contribution in [0.3, 0.4) is 0 Å². The first-order valence-corrected chi connectivity index (χ1v) is 13.4. The Morgan fingerprint density at radius 2 is 1.61 bits per heavy atom. The van der Waals surface area contributed by atoms with Gasteiger partial charge in [-0.2, -0.15) is 0 Å². The summed E-state index contributed by atoms with van der Waals surface area (Å²) in [6.45, 7) is 0.285. The van der Waals surface area contributed by atoms with Crippen molar-refractivity contribution in [3.05, 3.63) is 105 Å². The molecule has 1 aliphatic carbocycles. The highest BCUT2D eigenvalue weighted by Gasteiger charge is 2.34. The molecular weight excluding hydrogens is 525 g/mol. The van der Waals surface area contributed by atoms with Gasteiger partial charge in [0.15, 0.2) is 0 Å². The van der Waals surface area contributed by atoms with Gasteiger partial charge in [-0.05, 0) is 73.2 Å². The van der Waals surface area contributed by atoms with E-state index in [0.717, 1.165) is 53.9 Å². The molecule has 1 aliphatic heterocycles. The van der Waals surface area contributed by atoms with Gasteiger partial charge in [0, 0.05) is 11.5 Å². The summed E-state index contributed by atoms with van der Waals surface area (Å²) in [6.07, 6.45) is 3.63. The Hall–Kier alpha value is -3.32. The number of rotatable bonds is 8. The summed E-state index contributed by atoms with van der Waals surface area (Å²) in [7, 11) is 0. The molecule has 0 bridgehead atoms. The Balaban J connectivity index is 1.15. The number of carboxylic acids is 1. The van der Waals surface area contributed by atoms with E-state index in [9.17, 15) is 9.90 Å². The molecule has 2 heterocycles. The molecule has 0 radical (unpaired) electrons. The molecule has 6 rings (SSSR count). The summed E-state index contributed by atoms with van der Waals surface area (Å²) in [6, 6.07) is 20.2. The largest absolute Gasteiger partial charge is 0.489 e. The van der Waals surface area contributed by atoms with Crippen molar-refractivity contribution >= 4 is 29.2 Å². The molecule has 2 atom stereocenters. The minimum absolute atomic E-state index is 0.0592. The van der Waals surface area contributed by atoms with Crippen LogP contribution in [0.15, 0.2) is 71.3 Å². The first kappa shape index (κ1) is 25.0. The van der Waals surface area contributed by atoms with Crippen LogP contribution < -0.4 is 4.74 Å². The third-order valence-electron chi connectivity index (χ3n) is 7.13. The Morgan fingerprint density at radius 3 is 2.29 bits per heavy atom. The molecule has 1 N–H and O–H groups in total. The Kier molecular flexibility index (Phi) is 6.87. The highest BCUT2D eigenvalue weighted by molar-refractivity contribution is 6.39. The van der Waals surface area contributed by atoms with Gasteiger partial charge in [-0.15, -0.1) is 0 Å². The molecule has 0 unspecified atom stereocenters. The van der Waals surface area contributed by atoms with E-state index in [-0.39, 0.29) is 24.4 Å². The Labute approximate surface area is 230 Å². The molecule has 3 aromatic carbocycles. The van der Waals surface area contributed by atoms with Crippen LogP contribution in [0.25, 0.3) is 11.3 Å². The molecule has 0 amide bonds. The summed E-state index contributed by atoms with van der Waals surface area (Å²) in [5.41, 5.74) is 4.37. The van der Waals surface area contributed by atoms with Crippen molar-refractivity contribution in [1.82, 2.24) is 5.16 Å². The highest BCUT2D eigenvalue weighted by atomic mass is 35.5. The molecule has 4 aromatic rings. The average molecular weight is 550 g/mol. The van der Waals surface area contributed by atoms with Crippen molar-refractivity contribution in [3.63, 3.8) is 0 Å². The molecule has 1 saturated carbocycles. The maximum absolute atomic E-state index is 11.3. The molecule has 6 nitrogen and oxygen atoms in total. The topological polar surface area (TPSA) is 81.8 Å². The number of benzene rings is 3. The zero-order chi connectivity index (χ0) is 26.2. The number of hydrogen-bond donors (Lipinski definition) is 1. The van der Waals surface area contributed by atoms with Gasteiger partial charge in [-0.3, -0.25) is 0 Å². The van der Waals surface area contributed by atoms with E-state index in [1.807, 2.05) is 30.3 Å². The maximum Gasteiger partial charge on any atom is 0.335 e. The summed E-state index contributed by atoms with van der Waals surface area (Å²) in [5, 5.41) is 14.6. The second-order valence-corrected chi connectivity index (χ2v) is 10.5. The van der Waals surface area contributed by atoms with Crippen LogP contribution >= 0.6 is 23.2 Å². The molecule has 0 spiro atoms. The van der Waals surface area contributed by atoms with E-state index in [1.54, 1.807) is 36.4 Å². The first-order chi connectivity index (χ1) is 18.5. The maximum atomic E-state index is 11.3. The quantitative estimate of drug-likeness (QED) is 0.237. The Morgan fingerprint density at radius 1 is 0.921 bits per heavy atom. The lowest BCUT2D eigenvalue weighted by Crippen LogP contribution is -2.03. The molecule has 38 heavy (non-hydrogen) atoms. The normalized spacial score (nSPS) is 19.0. The van der Waals surface area contributed by atoms with E-state index >= 15 is 0 Å². The van der Waals surface area contributed by atoms with Gasteiger partial charge >= 0.3 is 5.97 Å². The molecular formula is C30H25Cl2NO5. The summed E-state index contributed by atoms with van der Waals surface area (Å²) >= 11 is 12.9. The van der Waals surface area contributed by atoms with E-state index in [4.69, 9.17) is 37.2 Å². The molecule has 1 aromatic heterocycles. The van der Waals surface area contributed by atoms with Gasteiger partial charge < -0.3 is 19.1 Å². The van der Waals surface area contributed by atoms with E-state index in [0.29, 0.717) is 27.2 Å². The summed E-state index contributed by atoms with van der Waals surface area (Å²) < 4.78 is 18.2. The fourth-order valence-corrected chi connectivity index (χ4v) is 5.56. The monoisotopic (exact) mass is 549 g/mol. The third-order valence-corrected chi connectivity index (χ3v) is 7.76. The van der Waals surface area contributed by atoms with E-state index in [1.165, 1.54) is 0 Å². The van der Waals surface area contributed by atoms with Crippen molar-refractivity contribution < 1.29 is 23.9 Å². The van der Waals surface area contributed by atoms with Crippen LogP contribution in [-0.4, -0.2) is 16.2 Å². The van der Waals surface area contributed by atoms with Crippen LogP contribution in [0.2, 0.25) is 10.0 Å². The average Bonchev–Trinajstić information content (AvgIpc) is 3.49. The molecule has 1 saturated heterocycles. The van der Waals surface area contributed by atoms with Crippen molar-refractivity contribution in [1.29, 1.82) is 0 Å². The fourth-order valence-electron chi connectivity index (χ4n) is 4.98. The van der Waals surface area contributed by atoms with Gasteiger partial charge in [0.05, 0.1) is 33.4 Å². The predicted molar refractivity (Wildman–Crippen MR) is 144 cm³/mol. The predicted octanol–water partition coefficient (Wildman–Crippen LogP) is 8.40. The number of aromatic carboxylic acids is 1. The smallest absolute Gasteiger partial charge is 0.335 e. The SMILES string of the molecule is O=C(O)c1cccc([C@H]2CC[C@H](c3ccc(OCc4c(-c5c(Cl)cccc5Cl)noc4C4CC4)cc3)O2)c1. The van der Waals surface area contributed by atoms with E-state index < -0.39 is 5.97 Å². The highest BCUT2D eigenvalue weighted by Crippen LogP contribution is 2.46. The van der Waals surface area contributed by atoms with E-state index in [2.05, 4.69) is 5.16 Å². The lowest BCUT2D eigenvalue weighted by Gasteiger charge is -2.15. The number of carbonyl (C=O) groups is 1. The fraction of sp³-hybridized carbons (Fsp3) is 0.267. The summed E-state index contributed by atoms with van der Waals surface area (Å²) in [4.78, 5) is 11.3. The Bertz CT molecular complexity index is 1460. The van der Waals surface area contributed by atoms with Gasteiger partial charge in [-0.25, -0.2) is 4.79 Å². The number of aromatic nitrogens is 1. The minimum Gasteiger partial charge on any atom is -0.489 e. The third kappa shape index (κ3) is 5.04. The van der Waals surface area contributed by atoms with Gasteiger partial charge in [0.25, 0.3) is 0 Å². The van der Waals surface area contributed by atoms with Crippen molar-refractivity contribution in [2.24, 2.45) is 0 Å². The summed E-state index contributed by atoms with van der Waals surface area (Å²) in [5.74, 6) is 0.971. The van der Waals surface area contributed by atoms with Gasteiger partial charge in [-0.1, -0.05) is 58.7 Å². The lowest BCUT2D eigenvalue weighted by molar-refractivity contribution is 0.0440. The minimum atomic E-state index is -0.936. The number of halogens is 2. The van der Waals surface area contributed by atoms with Crippen molar-refractivity contribution in [3.8, 4) is 17.0 Å². The second kappa shape index (κ2) is 10.4. The molecule has 2 aliphatic rings. The molecule has 194 valence electrons. The van der Waals surface area contributed by atoms with Crippen LogP contribution in [0.1, 0.15) is 76.6 Å². The van der Waals surface area contributed by atoms with Crippen LogP contribution in [0, 0.1) is 0 Å². The molecule has 8 heteroatoms. The van der Waals surface area contributed by atoms with Crippen LogP contribution in [0.4, 0.5) is 0 Å². The van der Waals surface area contributed by atoms with Gasteiger partial charge in [0.1, 0.15) is 23.8 Å². The zero-order valence-electron chi connectivity index (χ0n) is 20.4. The van der Waals surface area contributed by atoms with Gasteiger partial charge in [0.2, 0.25) is 0 Å². The standard InChI is InChI=1S/C30H25Cl2NO5/c31-23-5-2-6-24(32)27(23)28-22(29(38-33-28)18-7-8-18)16-36-21-11-9-17(10-12-21)25-13-14-26(37-25)19-3-1-4-20(15-19)30(34)35/h1-6,9-12,15,18,25-26H,7-8,13-14,16H2,(H,34,35)/t25-,26-/m1/s1. The van der Waals surface area contributed by atoms with Crippen LogP contribution in [0.5, 0.6) is 5.75 Å². The second-order valence-electron chi connectivity index (χ2n) is 9.72. The number of hydrogen-bond acceptors (Lipinski definition) is 5. The zero-order valence-corrected chi connectivity index (χ0v) is 21.9. The molecule has 2 fully saturated rings. The van der Waals surface area contributed by atoms with Crippen LogP contribution in [-0.2, 0) is 11.3 Å². The lowest BCUT2D eigenvalue weighted by atomic mass is 10.0. The van der Waals surface area contributed by atoms with Crippen molar-refractivity contribution in [2.45, 2.75) is 50.4 Å².